The van der Waals surface area contributed by atoms with E-state index < -0.39 is 0 Å². The van der Waals surface area contributed by atoms with E-state index in [2.05, 4.69) is 10.1 Å². The van der Waals surface area contributed by atoms with Crippen molar-refractivity contribution >= 4 is 16.3 Å². The second-order valence-electron chi connectivity index (χ2n) is 4.70. The van der Waals surface area contributed by atoms with E-state index >= 15 is 0 Å². The van der Waals surface area contributed by atoms with Gasteiger partial charge in [0.05, 0.1) is 0 Å². The number of rotatable bonds is 2. The predicted octanol–water partition coefficient (Wildman–Crippen LogP) is 3.70. The van der Waals surface area contributed by atoms with Gasteiger partial charge >= 0.3 is 0 Å². The van der Waals surface area contributed by atoms with Gasteiger partial charge in [-0.3, -0.25) is 0 Å². The van der Waals surface area contributed by atoms with Crippen molar-refractivity contribution in [2.75, 3.05) is 0 Å². The number of imidazole rings is 1. The molecule has 0 atom stereocenters. The minimum absolute atomic E-state index is 0.253. The maximum Gasteiger partial charge on any atom is 0.214 e. The second kappa shape index (κ2) is 4.53. The molecule has 0 spiro atoms. The van der Waals surface area contributed by atoms with E-state index in [0.717, 1.165) is 27.0 Å². The molecule has 21 heavy (non-hydrogen) atoms. The number of hydrogen-bond donors (Lipinski definition) is 0. The highest BCUT2D eigenvalue weighted by molar-refractivity contribution is 7.16. The SMILES string of the molecule is Cc1nn2c(-n3cccc3)c(-c3ccc(F)cc3)nc2s1. The van der Waals surface area contributed by atoms with Crippen molar-refractivity contribution < 1.29 is 4.39 Å². The van der Waals surface area contributed by atoms with Gasteiger partial charge in [0, 0.05) is 18.0 Å². The van der Waals surface area contributed by atoms with E-state index in [1.165, 1.54) is 23.5 Å². The quantitative estimate of drug-likeness (QED) is 0.565. The number of nitrogens with zero attached hydrogens (tertiary/aromatic N) is 4. The fourth-order valence-corrected chi connectivity index (χ4v) is 3.08. The molecule has 6 heteroatoms. The van der Waals surface area contributed by atoms with Crippen LogP contribution in [0.2, 0.25) is 0 Å². The summed E-state index contributed by atoms with van der Waals surface area (Å²) in [4.78, 5) is 5.49. The van der Waals surface area contributed by atoms with Gasteiger partial charge in [0.1, 0.15) is 16.5 Å². The second-order valence-corrected chi connectivity index (χ2v) is 5.86. The Kier molecular flexibility index (Phi) is 2.65. The number of aromatic nitrogens is 4. The van der Waals surface area contributed by atoms with Crippen molar-refractivity contribution in [3.63, 3.8) is 0 Å². The lowest BCUT2D eigenvalue weighted by molar-refractivity contribution is 0.628. The van der Waals surface area contributed by atoms with Gasteiger partial charge in [-0.2, -0.15) is 9.61 Å². The summed E-state index contributed by atoms with van der Waals surface area (Å²) in [6.45, 7) is 1.95. The lowest BCUT2D eigenvalue weighted by Crippen LogP contribution is -1.99. The molecule has 0 saturated heterocycles. The summed E-state index contributed by atoms with van der Waals surface area (Å²) in [5.74, 6) is 0.613. The average Bonchev–Trinajstić information content (AvgIpc) is 3.14. The summed E-state index contributed by atoms with van der Waals surface area (Å²) in [6.07, 6.45) is 3.90. The maximum absolute atomic E-state index is 13.1. The Morgan fingerprint density at radius 1 is 1.10 bits per heavy atom. The summed E-state index contributed by atoms with van der Waals surface area (Å²) in [7, 11) is 0. The summed E-state index contributed by atoms with van der Waals surface area (Å²) < 4.78 is 16.9. The minimum Gasteiger partial charge on any atom is -0.307 e. The molecule has 0 saturated carbocycles. The zero-order valence-electron chi connectivity index (χ0n) is 11.2. The first-order valence-electron chi connectivity index (χ1n) is 6.48. The van der Waals surface area contributed by atoms with Crippen LogP contribution in [0.4, 0.5) is 4.39 Å². The first-order chi connectivity index (χ1) is 10.2. The van der Waals surface area contributed by atoms with Gasteiger partial charge in [0.2, 0.25) is 4.96 Å². The molecule has 3 heterocycles. The molecule has 4 aromatic rings. The van der Waals surface area contributed by atoms with E-state index in [0.29, 0.717) is 0 Å². The van der Waals surface area contributed by atoms with Crippen molar-refractivity contribution in [2.24, 2.45) is 0 Å². The number of fused-ring (bicyclic) bond motifs is 1. The zero-order valence-corrected chi connectivity index (χ0v) is 12.0. The molecule has 104 valence electrons. The molecule has 0 bridgehead atoms. The molecular formula is C15H11FN4S. The van der Waals surface area contributed by atoms with Gasteiger partial charge in [-0.1, -0.05) is 11.3 Å². The van der Waals surface area contributed by atoms with Crippen LogP contribution >= 0.6 is 11.3 Å². The van der Waals surface area contributed by atoms with Gasteiger partial charge in [0.25, 0.3) is 0 Å². The maximum atomic E-state index is 13.1. The molecule has 0 aliphatic carbocycles. The van der Waals surface area contributed by atoms with E-state index in [1.807, 2.05) is 40.5 Å². The van der Waals surface area contributed by atoms with Crippen LogP contribution in [0, 0.1) is 12.7 Å². The Morgan fingerprint density at radius 2 is 1.81 bits per heavy atom. The van der Waals surface area contributed by atoms with Gasteiger partial charge in [-0.25, -0.2) is 9.37 Å². The molecule has 0 aliphatic rings. The van der Waals surface area contributed by atoms with E-state index in [9.17, 15) is 4.39 Å². The molecule has 0 radical (unpaired) electrons. The molecule has 4 rings (SSSR count). The van der Waals surface area contributed by atoms with Gasteiger partial charge in [-0.15, -0.1) is 0 Å². The Labute approximate surface area is 124 Å². The van der Waals surface area contributed by atoms with Crippen molar-refractivity contribution in [2.45, 2.75) is 6.92 Å². The number of benzene rings is 1. The van der Waals surface area contributed by atoms with E-state index in [1.54, 1.807) is 12.1 Å². The van der Waals surface area contributed by atoms with Crippen LogP contribution in [0.25, 0.3) is 22.0 Å². The van der Waals surface area contributed by atoms with Crippen molar-refractivity contribution in [3.05, 3.63) is 59.6 Å². The number of halogens is 1. The van der Waals surface area contributed by atoms with E-state index in [4.69, 9.17) is 0 Å². The van der Waals surface area contributed by atoms with Gasteiger partial charge < -0.3 is 4.57 Å². The summed E-state index contributed by atoms with van der Waals surface area (Å²) in [6, 6.07) is 10.3. The van der Waals surface area contributed by atoms with Crippen LogP contribution in [-0.2, 0) is 0 Å². The number of aryl methyl sites for hydroxylation is 1. The van der Waals surface area contributed by atoms with Gasteiger partial charge in [-0.05, 0) is 43.3 Å². The number of hydrogen-bond acceptors (Lipinski definition) is 3. The third-order valence-corrected chi connectivity index (χ3v) is 4.07. The predicted molar refractivity (Wildman–Crippen MR) is 80.3 cm³/mol. The van der Waals surface area contributed by atoms with Crippen LogP contribution in [0.5, 0.6) is 0 Å². The summed E-state index contributed by atoms with van der Waals surface area (Å²) >= 11 is 1.54. The summed E-state index contributed by atoms with van der Waals surface area (Å²) in [5.41, 5.74) is 1.67. The third-order valence-electron chi connectivity index (χ3n) is 3.25. The topological polar surface area (TPSA) is 35.1 Å². The lowest BCUT2D eigenvalue weighted by atomic mass is 10.1. The lowest BCUT2D eigenvalue weighted by Gasteiger charge is -2.05. The fraction of sp³-hybridized carbons (Fsp3) is 0.0667. The fourth-order valence-electron chi connectivity index (χ4n) is 2.34. The highest BCUT2D eigenvalue weighted by Gasteiger charge is 2.18. The molecule has 0 aliphatic heterocycles. The minimum atomic E-state index is -0.253. The Bertz CT molecular complexity index is 903. The Hall–Kier alpha value is -2.47. The molecular weight excluding hydrogens is 287 g/mol. The first kappa shape index (κ1) is 12.3. The van der Waals surface area contributed by atoms with Gasteiger partial charge in [0.15, 0.2) is 5.82 Å². The first-order valence-corrected chi connectivity index (χ1v) is 7.29. The largest absolute Gasteiger partial charge is 0.307 e. The zero-order chi connectivity index (χ0) is 14.4. The van der Waals surface area contributed by atoms with Crippen molar-refractivity contribution in [3.8, 4) is 17.1 Å². The highest BCUT2D eigenvalue weighted by Crippen LogP contribution is 2.29. The van der Waals surface area contributed by atoms with E-state index in [-0.39, 0.29) is 5.82 Å². The molecule has 0 amide bonds. The average molecular weight is 298 g/mol. The normalized spacial score (nSPS) is 11.3. The Balaban J connectivity index is 2.02. The summed E-state index contributed by atoms with van der Waals surface area (Å²) in [5, 5.41) is 5.47. The third kappa shape index (κ3) is 1.95. The van der Waals surface area contributed by atoms with Crippen LogP contribution in [0.15, 0.2) is 48.8 Å². The Morgan fingerprint density at radius 3 is 2.52 bits per heavy atom. The van der Waals surface area contributed by atoms with Crippen LogP contribution in [0.3, 0.4) is 0 Å². The molecule has 0 N–H and O–H groups in total. The molecule has 1 aromatic carbocycles. The van der Waals surface area contributed by atoms with Crippen LogP contribution < -0.4 is 0 Å². The monoisotopic (exact) mass is 298 g/mol. The van der Waals surface area contributed by atoms with Crippen LogP contribution in [0.1, 0.15) is 5.01 Å². The smallest absolute Gasteiger partial charge is 0.214 e. The van der Waals surface area contributed by atoms with Crippen molar-refractivity contribution in [1.82, 2.24) is 19.2 Å². The standard InChI is InChI=1S/C15H11FN4S/c1-10-18-20-14(19-8-2-3-9-19)13(17-15(20)21-10)11-4-6-12(16)7-5-11/h2-9H,1H3. The molecule has 3 aromatic heterocycles. The molecule has 0 fully saturated rings. The van der Waals surface area contributed by atoms with Crippen molar-refractivity contribution in [1.29, 1.82) is 0 Å². The highest BCUT2D eigenvalue weighted by atomic mass is 32.1. The molecule has 4 nitrogen and oxygen atoms in total. The van der Waals surface area contributed by atoms with Crippen LogP contribution in [-0.4, -0.2) is 19.2 Å². The molecule has 0 unspecified atom stereocenters.